The van der Waals surface area contributed by atoms with E-state index in [1.807, 2.05) is 4.90 Å². The zero-order valence-electron chi connectivity index (χ0n) is 13.5. The van der Waals surface area contributed by atoms with Gasteiger partial charge in [-0.15, -0.1) is 0 Å². The van der Waals surface area contributed by atoms with Crippen LogP contribution < -0.4 is 15.0 Å². The van der Waals surface area contributed by atoms with Gasteiger partial charge in [0.1, 0.15) is 11.8 Å². The zero-order chi connectivity index (χ0) is 17.6. The number of anilines is 2. The number of aliphatic carboxylic acids is 1. The quantitative estimate of drug-likeness (QED) is 0.820. The molecule has 1 aliphatic rings. The highest BCUT2D eigenvalue weighted by molar-refractivity contribution is 5.97. The molecule has 2 N–H and O–H groups in total. The van der Waals surface area contributed by atoms with E-state index in [0.717, 1.165) is 19.4 Å². The predicted molar refractivity (Wildman–Crippen MR) is 90.6 cm³/mol. The Morgan fingerprint density at radius 2 is 2.08 bits per heavy atom. The number of ether oxygens (including phenoxy) is 1. The molecule has 0 aliphatic carbocycles. The molecule has 3 rings (SSSR count). The van der Waals surface area contributed by atoms with Crippen molar-refractivity contribution in [2.75, 3.05) is 23.4 Å². The second-order valence-corrected chi connectivity index (χ2v) is 5.60. The van der Waals surface area contributed by atoms with Gasteiger partial charge >= 0.3 is 5.97 Å². The average molecular weight is 342 g/mol. The summed E-state index contributed by atoms with van der Waals surface area (Å²) in [5.74, 6) is -0.284. The highest BCUT2D eigenvalue weighted by Crippen LogP contribution is 2.24. The highest BCUT2D eigenvalue weighted by atomic mass is 16.5. The number of benzene rings is 1. The van der Waals surface area contributed by atoms with Crippen LogP contribution in [0.4, 0.5) is 11.6 Å². The maximum Gasteiger partial charge on any atom is 0.341 e. The molecule has 0 radical (unpaired) electrons. The van der Waals surface area contributed by atoms with E-state index in [1.165, 1.54) is 0 Å². The van der Waals surface area contributed by atoms with Crippen molar-refractivity contribution in [1.29, 1.82) is 0 Å². The predicted octanol–water partition coefficient (Wildman–Crippen LogP) is 1.55. The number of nitrogens with one attached hydrogen (secondary N) is 1. The van der Waals surface area contributed by atoms with Crippen LogP contribution in [-0.4, -0.2) is 46.1 Å². The number of hydrogen-bond acceptors (Lipinski definition) is 6. The van der Waals surface area contributed by atoms with Crippen LogP contribution in [0.3, 0.4) is 0 Å². The molecular weight excluding hydrogens is 324 g/mol. The fourth-order valence-corrected chi connectivity index (χ4v) is 2.75. The Bertz CT molecular complexity index is 753. The van der Waals surface area contributed by atoms with Crippen molar-refractivity contribution in [3.05, 3.63) is 42.7 Å². The number of carbonyl (C=O) groups excluding carboxylic acids is 1. The minimum Gasteiger partial charge on any atom is -0.482 e. The maximum atomic E-state index is 12.6. The minimum absolute atomic E-state index is 0.152. The number of rotatable bonds is 6. The average Bonchev–Trinajstić information content (AvgIpc) is 3.11. The number of carboxylic acids is 1. The Hall–Kier alpha value is -3.16. The summed E-state index contributed by atoms with van der Waals surface area (Å²) in [7, 11) is 0. The topological polar surface area (TPSA) is 105 Å². The lowest BCUT2D eigenvalue weighted by Gasteiger charge is -2.23. The largest absolute Gasteiger partial charge is 0.482 e. The van der Waals surface area contributed by atoms with Crippen molar-refractivity contribution in [3.8, 4) is 5.75 Å². The molecule has 2 aromatic rings. The molecule has 8 heteroatoms. The van der Waals surface area contributed by atoms with Crippen molar-refractivity contribution in [2.45, 2.75) is 18.9 Å². The lowest BCUT2D eigenvalue weighted by molar-refractivity contribution is -0.139. The van der Waals surface area contributed by atoms with Crippen LogP contribution in [0.2, 0.25) is 0 Å². The Balaban J connectivity index is 1.67. The molecule has 130 valence electrons. The van der Waals surface area contributed by atoms with Gasteiger partial charge in [0.25, 0.3) is 0 Å². The van der Waals surface area contributed by atoms with Gasteiger partial charge in [0.05, 0.1) is 0 Å². The molecule has 0 spiro atoms. The van der Waals surface area contributed by atoms with Crippen molar-refractivity contribution < 1.29 is 19.4 Å². The van der Waals surface area contributed by atoms with Gasteiger partial charge in [-0.3, -0.25) is 4.79 Å². The molecule has 1 atom stereocenters. The minimum atomic E-state index is -1.06. The molecule has 0 bridgehead atoms. The molecule has 1 aromatic heterocycles. The van der Waals surface area contributed by atoms with Gasteiger partial charge in [-0.1, -0.05) is 6.07 Å². The summed E-state index contributed by atoms with van der Waals surface area (Å²) in [6.07, 6.45) is 4.91. The summed E-state index contributed by atoms with van der Waals surface area (Å²) in [4.78, 5) is 33.5. The smallest absolute Gasteiger partial charge is 0.341 e. The van der Waals surface area contributed by atoms with Gasteiger partial charge in [-0.25, -0.2) is 14.8 Å². The van der Waals surface area contributed by atoms with Gasteiger partial charge in [-0.2, -0.15) is 0 Å². The monoisotopic (exact) mass is 342 g/mol. The Morgan fingerprint density at radius 3 is 2.84 bits per heavy atom. The van der Waals surface area contributed by atoms with Crippen LogP contribution in [-0.2, 0) is 9.59 Å². The molecule has 1 amide bonds. The normalized spacial score (nSPS) is 16.5. The molecule has 1 aromatic carbocycles. The van der Waals surface area contributed by atoms with E-state index >= 15 is 0 Å². The number of amides is 1. The van der Waals surface area contributed by atoms with E-state index in [4.69, 9.17) is 9.84 Å². The first-order valence-corrected chi connectivity index (χ1v) is 7.92. The van der Waals surface area contributed by atoms with Crippen molar-refractivity contribution in [2.24, 2.45) is 0 Å². The maximum absolute atomic E-state index is 12.6. The fraction of sp³-hybridized carbons (Fsp3) is 0.294. The molecule has 8 nitrogen and oxygen atoms in total. The first kappa shape index (κ1) is 16.7. The van der Waals surface area contributed by atoms with E-state index in [-0.39, 0.29) is 11.9 Å². The van der Waals surface area contributed by atoms with Crippen molar-refractivity contribution in [1.82, 2.24) is 9.97 Å². The molecule has 25 heavy (non-hydrogen) atoms. The summed E-state index contributed by atoms with van der Waals surface area (Å²) in [6.45, 7) is 0.295. The van der Waals surface area contributed by atoms with Crippen molar-refractivity contribution in [3.63, 3.8) is 0 Å². The summed E-state index contributed by atoms with van der Waals surface area (Å²) >= 11 is 0. The molecule has 1 saturated heterocycles. The summed E-state index contributed by atoms with van der Waals surface area (Å²) in [5, 5.41) is 11.5. The Morgan fingerprint density at radius 1 is 1.28 bits per heavy atom. The lowest BCUT2D eigenvalue weighted by atomic mass is 10.2. The number of aromatic nitrogens is 2. The van der Waals surface area contributed by atoms with E-state index < -0.39 is 12.6 Å². The molecule has 1 aliphatic heterocycles. The number of hydrogen-bond donors (Lipinski definition) is 2. The first-order chi connectivity index (χ1) is 12.1. The highest BCUT2D eigenvalue weighted by Gasteiger charge is 2.32. The van der Waals surface area contributed by atoms with E-state index in [9.17, 15) is 9.59 Å². The fourth-order valence-electron chi connectivity index (χ4n) is 2.75. The van der Waals surface area contributed by atoms with Crippen LogP contribution in [0.1, 0.15) is 12.8 Å². The van der Waals surface area contributed by atoms with Crippen LogP contribution in [0.15, 0.2) is 42.7 Å². The lowest BCUT2D eigenvalue weighted by Crippen LogP contribution is -2.40. The molecule has 2 heterocycles. The SMILES string of the molecule is O=C(O)COc1cccc(NC(=O)C2CCCN2c2ncccn2)c1. The van der Waals surface area contributed by atoms with E-state index in [2.05, 4.69) is 15.3 Å². The Kier molecular flexibility index (Phi) is 5.08. The van der Waals surface area contributed by atoms with Crippen LogP contribution in [0.25, 0.3) is 0 Å². The first-order valence-electron chi connectivity index (χ1n) is 7.92. The van der Waals surface area contributed by atoms with E-state index in [0.29, 0.717) is 17.4 Å². The van der Waals surface area contributed by atoms with Gasteiger partial charge in [0.2, 0.25) is 11.9 Å². The molecule has 1 unspecified atom stereocenters. The van der Waals surface area contributed by atoms with Crippen molar-refractivity contribution >= 4 is 23.5 Å². The van der Waals surface area contributed by atoms with Crippen LogP contribution in [0.5, 0.6) is 5.75 Å². The van der Waals surface area contributed by atoms with Gasteiger partial charge in [-0.05, 0) is 31.0 Å². The number of nitrogens with zero attached hydrogens (tertiary/aromatic N) is 3. The van der Waals surface area contributed by atoms with Gasteiger partial charge in [0.15, 0.2) is 6.61 Å². The second-order valence-electron chi connectivity index (χ2n) is 5.60. The third-order valence-corrected chi connectivity index (χ3v) is 3.83. The second kappa shape index (κ2) is 7.61. The summed E-state index contributed by atoms with van der Waals surface area (Å²) < 4.78 is 5.12. The van der Waals surface area contributed by atoms with Gasteiger partial charge in [0, 0.05) is 30.7 Å². The number of carbonyl (C=O) groups is 2. The van der Waals surface area contributed by atoms with Gasteiger partial charge < -0.3 is 20.1 Å². The molecular formula is C17H18N4O4. The molecule has 1 fully saturated rings. The van der Waals surface area contributed by atoms with Crippen LogP contribution >= 0.6 is 0 Å². The standard InChI is InChI=1S/C17H18N4O4/c22-15(23)11-25-13-5-1-4-12(10-13)20-16(24)14-6-2-9-21(14)17-18-7-3-8-19-17/h1,3-5,7-8,10,14H,2,6,9,11H2,(H,20,24)(H,22,23). The third-order valence-electron chi connectivity index (χ3n) is 3.83. The zero-order valence-corrected chi connectivity index (χ0v) is 13.5. The summed E-state index contributed by atoms with van der Waals surface area (Å²) in [5.41, 5.74) is 0.550. The molecule has 0 saturated carbocycles. The summed E-state index contributed by atoms with van der Waals surface area (Å²) in [6, 6.07) is 8.05. The Labute approximate surface area is 144 Å². The van der Waals surface area contributed by atoms with Crippen LogP contribution in [0, 0.1) is 0 Å². The van der Waals surface area contributed by atoms with E-state index in [1.54, 1.807) is 42.7 Å². The third kappa shape index (κ3) is 4.23. The number of carboxylic acid groups (broad SMARTS) is 1.